The van der Waals surface area contributed by atoms with Crippen molar-refractivity contribution < 1.29 is 19.0 Å². The first-order valence-electron chi connectivity index (χ1n) is 15.8. The van der Waals surface area contributed by atoms with Crippen LogP contribution in [0.1, 0.15) is 57.9 Å². The average molecular weight is 646 g/mol. The summed E-state index contributed by atoms with van der Waals surface area (Å²) in [6, 6.07) is 26.2. The topological polar surface area (TPSA) is 87.4 Å². The van der Waals surface area contributed by atoms with E-state index in [4.69, 9.17) is 21.1 Å². The number of nitrogens with one attached hydrogen (secondary N) is 1. The van der Waals surface area contributed by atoms with Gasteiger partial charge in [-0.15, -0.1) is 0 Å². The van der Waals surface area contributed by atoms with Crippen LogP contribution in [0.3, 0.4) is 0 Å². The summed E-state index contributed by atoms with van der Waals surface area (Å²) in [4.78, 5) is 4.17. The number of aryl methyl sites for hydroxylation is 1. The lowest BCUT2D eigenvalue weighted by molar-refractivity contribution is 0.206. The van der Waals surface area contributed by atoms with Crippen LogP contribution in [0.4, 0.5) is 4.39 Å². The second kappa shape index (κ2) is 13.4. The van der Waals surface area contributed by atoms with Crippen molar-refractivity contribution in [3.05, 3.63) is 141 Å². The molecule has 0 saturated heterocycles. The van der Waals surface area contributed by atoms with E-state index in [-0.39, 0.29) is 30.3 Å². The highest BCUT2D eigenvalue weighted by Crippen LogP contribution is 2.43. The number of nitriles is 1. The molecule has 2 aliphatic rings. The van der Waals surface area contributed by atoms with Crippen LogP contribution in [-0.4, -0.2) is 16.1 Å². The lowest BCUT2D eigenvalue weighted by Crippen LogP contribution is -2.34. The van der Waals surface area contributed by atoms with Gasteiger partial charge in [-0.1, -0.05) is 54.1 Å². The van der Waals surface area contributed by atoms with Crippen LogP contribution in [0.25, 0.3) is 11.1 Å². The normalized spacial score (nSPS) is 16.6. The van der Waals surface area contributed by atoms with Crippen molar-refractivity contribution >= 4 is 11.6 Å². The molecule has 0 spiro atoms. The molecule has 236 valence electrons. The molecular formula is C39H33ClFN3O3. The van der Waals surface area contributed by atoms with Gasteiger partial charge in [0.05, 0.1) is 10.6 Å². The predicted octanol–water partition coefficient (Wildman–Crippen LogP) is 8.41. The summed E-state index contributed by atoms with van der Waals surface area (Å²) < 4.78 is 27.7. The molecule has 1 heterocycles. The summed E-state index contributed by atoms with van der Waals surface area (Å²) in [5, 5.41) is 23.5. The van der Waals surface area contributed by atoms with E-state index in [2.05, 4.69) is 16.4 Å². The van der Waals surface area contributed by atoms with Crippen molar-refractivity contribution in [2.75, 3.05) is 0 Å². The van der Waals surface area contributed by atoms with E-state index in [1.165, 1.54) is 17.8 Å². The number of phenols is 1. The fraction of sp³-hybridized carbons (Fsp3) is 0.231. The Balaban J connectivity index is 1.14. The van der Waals surface area contributed by atoms with Gasteiger partial charge in [0, 0.05) is 47.7 Å². The van der Waals surface area contributed by atoms with Gasteiger partial charge in [0.1, 0.15) is 41.8 Å². The quantitative estimate of drug-likeness (QED) is 0.167. The third kappa shape index (κ3) is 6.66. The van der Waals surface area contributed by atoms with Gasteiger partial charge < -0.3 is 19.9 Å². The van der Waals surface area contributed by atoms with Crippen LogP contribution in [-0.2, 0) is 32.4 Å². The predicted molar refractivity (Wildman–Crippen MR) is 179 cm³/mol. The van der Waals surface area contributed by atoms with Crippen LogP contribution < -0.4 is 14.8 Å². The molecule has 0 aliphatic heterocycles. The van der Waals surface area contributed by atoms with E-state index < -0.39 is 0 Å². The standard InChI is InChI=1S/C39H33ClFN3O3/c40-35-17-28(22-44-29-10-8-26-9-11-30(45)16-27(26)15-29)38(46-23-25-14-24(19-42)20-43-21-25)18-39(35)47-37-13-12-32-31(5-3-6-34(32)37)33-4-1-2-7-36(33)41/h1-7,9,11,14,16-18,20-21,29,37,44-45H,8,10,12-13,15,22-23H2/t29-,37-/m0/s1. The zero-order valence-corrected chi connectivity index (χ0v) is 26.4. The number of aromatic hydroxyl groups is 1. The molecule has 5 aromatic rings. The van der Waals surface area contributed by atoms with E-state index >= 15 is 0 Å². The minimum atomic E-state index is -0.249. The number of ether oxygens (including phenoxy) is 2. The Morgan fingerprint density at radius 2 is 1.81 bits per heavy atom. The Morgan fingerprint density at radius 1 is 0.936 bits per heavy atom. The Kier molecular flexibility index (Phi) is 8.80. The molecule has 8 heteroatoms. The molecule has 0 radical (unpaired) electrons. The molecule has 4 aromatic carbocycles. The molecule has 1 aromatic heterocycles. The number of rotatable bonds is 9. The van der Waals surface area contributed by atoms with Gasteiger partial charge in [0.15, 0.2) is 0 Å². The maximum atomic E-state index is 14.7. The van der Waals surface area contributed by atoms with Gasteiger partial charge >= 0.3 is 0 Å². The molecule has 7 rings (SSSR count). The minimum absolute atomic E-state index is 0.213. The van der Waals surface area contributed by atoms with Gasteiger partial charge in [0.25, 0.3) is 0 Å². The molecule has 2 atom stereocenters. The number of benzene rings is 4. The van der Waals surface area contributed by atoms with Crippen molar-refractivity contribution in [3.63, 3.8) is 0 Å². The highest BCUT2D eigenvalue weighted by atomic mass is 35.5. The number of fused-ring (bicyclic) bond motifs is 2. The Hall–Kier alpha value is -4.90. The molecule has 0 bridgehead atoms. The second-order valence-corrected chi connectivity index (χ2v) is 12.6. The molecule has 2 aliphatic carbocycles. The van der Waals surface area contributed by atoms with E-state index in [0.29, 0.717) is 34.2 Å². The number of hydrogen-bond acceptors (Lipinski definition) is 6. The number of phenolic OH excluding ortho intramolecular Hbond substituents is 1. The number of hydrogen-bond donors (Lipinski definition) is 2. The zero-order valence-electron chi connectivity index (χ0n) is 25.7. The van der Waals surface area contributed by atoms with Crippen LogP contribution in [0, 0.1) is 17.1 Å². The summed E-state index contributed by atoms with van der Waals surface area (Å²) >= 11 is 6.89. The number of aromatic nitrogens is 1. The van der Waals surface area contributed by atoms with Gasteiger partial charge in [-0.3, -0.25) is 4.98 Å². The average Bonchev–Trinajstić information content (AvgIpc) is 3.50. The molecule has 0 unspecified atom stereocenters. The zero-order chi connectivity index (χ0) is 32.3. The molecule has 47 heavy (non-hydrogen) atoms. The van der Waals surface area contributed by atoms with E-state index in [0.717, 1.165) is 65.5 Å². The van der Waals surface area contributed by atoms with E-state index in [1.54, 1.807) is 24.4 Å². The summed E-state index contributed by atoms with van der Waals surface area (Å²) in [6.45, 7) is 0.730. The summed E-state index contributed by atoms with van der Waals surface area (Å²) in [7, 11) is 0. The Labute approximate surface area is 278 Å². The Bertz CT molecular complexity index is 1990. The lowest BCUT2D eigenvalue weighted by Gasteiger charge is -2.26. The summed E-state index contributed by atoms with van der Waals surface area (Å²) in [5.74, 6) is 1.16. The van der Waals surface area contributed by atoms with Crippen molar-refractivity contribution in [2.24, 2.45) is 0 Å². The van der Waals surface area contributed by atoms with Crippen molar-refractivity contribution in [1.29, 1.82) is 5.26 Å². The third-order valence-electron chi connectivity index (χ3n) is 9.08. The van der Waals surface area contributed by atoms with Crippen molar-refractivity contribution in [2.45, 2.75) is 57.4 Å². The van der Waals surface area contributed by atoms with E-state index in [1.807, 2.05) is 54.6 Å². The first-order chi connectivity index (χ1) is 22.9. The number of nitrogens with zero attached hydrogens (tertiary/aromatic N) is 2. The fourth-order valence-corrected chi connectivity index (χ4v) is 6.95. The molecule has 0 saturated carbocycles. The van der Waals surface area contributed by atoms with Crippen LogP contribution in [0.2, 0.25) is 5.02 Å². The largest absolute Gasteiger partial charge is 0.508 e. The molecule has 6 nitrogen and oxygen atoms in total. The maximum absolute atomic E-state index is 14.7. The van der Waals surface area contributed by atoms with E-state index in [9.17, 15) is 14.8 Å². The highest BCUT2D eigenvalue weighted by molar-refractivity contribution is 6.32. The third-order valence-corrected chi connectivity index (χ3v) is 9.38. The smallest absolute Gasteiger partial charge is 0.142 e. The molecule has 0 amide bonds. The molecule has 0 fully saturated rings. The summed E-state index contributed by atoms with van der Waals surface area (Å²) in [6.07, 6.45) is 7.19. The number of pyridine rings is 1. The highest BCUT2D eigenvalue weighted by Gasteiger charge is 2.28. The minimum Gasteiger partial charge on any atom is -0.508 e. The monoisotopic (exact) mass is 645 g/mol. The lowest BCUT2D eigenvalue weighted by atomic mass is 9.88. The van der Waals surface area contributed by atoms with Crippen LogP contribution in [0.15, 0.2) is 91.3 Å². The second-order valence-electron chi connectivity index (χ2n) is 12.1. The Morgan fingerprint density at radius 3 is 2.68 bits per heavy atom. The fourth-order valence-electron chi connectivity index (χ4n) is 6.72. The first-order valence-corrected chi connectivity index (χ1v) is 16.2. The van der Waals surface area contributed by atoms with Gasteiger partial charge in [-0.25, -0.2) is 4.39 Å². The molecule has 2 N–H and O–H groups in total. The van der Waals surface area contributed by atoms with Gasteiger partial charge in [-0.2, -0.15) is 5.26 Å². The molecular weight excluding hydrogens is 613 g/mol. The van der Waals surface area contributed by atoms with Crippen LogP contribution >= 0.6 is 11.6 Å². The maximum Gasteiger partial charge on any atom is 0.142 e. The number of halogens is 2. The summed E-state index contributed by atoms with van der Waals surface area (Å²) in [5.41, 5.74) is 8.13. The van der Waals surface area contributed by atoms with Crippen molar-refractivity contribution in [1.82, 2.24) is 10.3 Å². The first kappa shape index (κ1) is 30.7. The van der Waals surface area contributed by atoms with Gasteiger partial charge in [0.2, 0.25) is 0 Å². The van der Waals surface area contributed by atoms with Crippen LogP contribution in [0.5, 0.6) is 17.2 Å². The van der Waals surface area contributed by atoms with Crippen molar-refractivity contribution in [3.8, 4) is 34.4 Å². The SMILES string of the molecule is N#Cc1cncc(COc2cc(O[C@H]3CCc4c(-c5ccccc5F)cccc43)c(Cl)cc2CN[C@H]2CCc3ccc(O)cc3C2)c1. The van der Waals surface area contributed by atoms with Gasteiger partial charge in [-0.05, 0) is 90.3 Å².